The molecule has 4 nitrogen and oxygen atoms in total. The molecule has 0 aromatic heterocycles. The maximum absolute atomic E-state index is 12.6. The van der Waals surface area contributed by atoms with Crippen molar-refractivity contribution in [2.45, 2.75) is 17.7 Å². The maximum Gasteiger partial charge on any atom is 0.243 e. The van der Waals surface area contributed by atoms with Gasteiger partial charge in [0.2, 0.25) is 10.0 Å². The summed E-state index contributed by atoms with van der Waals surface area (Å²) >= 11 is 9.20. The largest absolute Gasteiger partial charge is 0.379 e. The molecule has 19 heavy (non-hydrogen) atoms. The number of rotatable bonds is 3. The first kappa shape index (κ1) is 15.3. The number of nitrogens with zero attached hydrogens (tertiary/aromatic N) is 1. The van der Waals surface area contributed by atoms with Crippen molar-refractivity contribution in [2.24, 2.45) is 0 Å². The van der Waals surface area contributed by atoms with Crippen LogP contribution in [0.1, 0.15) is 11.1 Å². The fraction of sp³-hybridized carbons (Fsp3) is 0.500. The van der Waals surface area contributed by atoms with Crippen LogP contribution in [0.4, 0.5) is 0 Å². The molecule has 0 saturated carbocycles. The van der Waals surface area contributed by atoms with E-state index in [1.807, 2.05) is 6.07 Å². The molecule has 0 N–H and O–H groups in total. The number of benzene rings is 1. The summed E-state index contributed by atoms with van der Waals surface area (Å²) in [5.74, 6) is 0.282. The lowest BCUT2D eigenvalue weighted by molar-refractivity contribution is 0.0730. The van der Waals surface area contributed by atoms with Crippen LogP contribution in [0.25, 0.3) is 0 Å². The summed E-state index contributed by atoms with van der Waals surface area (Å²) in [5.41, 5.74) is 1.49. The first-order valence-electron chi connectivity index (χ1n) is 5.89. The van der Waals surface area contributed by atoms with Crippen LogP contribution in [0, 0.1) is 6.92 Å². The summed E-state index contributed by atoms with van der Waals surface area (Å²) in [6.45, 7) is 3.45. The second kappa shape index (κ2) is 6.10. The zero-order valence-electron chi connectivity index (χ0n) is 10.5. The molecule has 0 aliphatic carbocycles. The predicted octanol–water partition coefficient (Wildman–Crippen LogP) is 2.52. The monoisotopic (exact) mass is 367 g/mol. The van der Waals surface area contributed by atoms with E-state index in [1.54, 1.807) is 13.0 Å². The molecular weight excluding hydrogens is 354 g/mol. The van der Waals surface area contributed by atoms with Gasteiger partial charge in [-0.3, -0.25) is 0 Å². The number of sulfonamides is 1. The van der Waals surface area contributed by atoms with Crippen molar-refractivity contribution in [3.8, 4) is 0 Å². The van der Waals surface area contributed by atoms with Crippen LogP contribution in [0.5, 0.6) is 0 Å². The second-order valence-corrected chi connectivity index (χ2v) is 7.38. The first-order chi connectivity index (χ1) is 8.96. The van der Waals surface area contributed by atoms with E-state index in [2.05, 4.69) is 15.9 Å². The van der Waals surface area contributed by atoms with Gasteiger partial charge >= 0.3 is 0 Å². The van der Waals surface area contributed by atoms with Gasteiger partial charge < -0.3 is 4.74 Å². The summed E-state index contributed by atoms with van der Waals surface area (Å²) in [5, 5.41) is 0. The molecule has 0 radical (unpaired) electrons. The number of halogens is 2. The Kier molecular flexibility index (Phi) is 4.89. The van der Waals surface area contributed by atoms with Gasteiger partial charge in [-0.05, 0) is 30.2 Å². The van der Waals surface area contributed by atoms with Gasteiger partial charge in [0.05, 0.1) is 18.1 Å². The SMILES string of the molecule is Cc1c(Br)cc(CCl)cc1S(=O)(=O)N1CCOCC1. The molecule has 1 aliphatic rings. The number of hydrogen-bond donors (Lipinski definition) is 0. The van der Waals surface area contributed by atoms with Crippen LogP contribution < -0.4 is 0 Å². The van der Waals surface area contributed by atoms with Crippen molar-refractivity contribution < 1.29 is 13.2 Å². The van der Waals surface area contributed by atoms with E-state index in [9.17, 15) is 8.42 Å². The summed E-state index contributed by atoms with van der Waals surface area (Å²) in [7, 11) is -3.48. The standard InChI is InChI=1S/C12H15BrClNO3S/c1-9-11(13)6-10(8-14)7-12(9)19(16,17)15-2-4-18-5-3-15/h6-7H,2-5,8H2,1H3. The lowest BCUT2D eigenvalue weighted by atomic mass is 10.2. The molecule has 1 aliphatic heterocycles. The van der Waals surface area contributed by atoms with Gasteiger partial charge in [-0.2, -0.15) is 4.31 Å². The van der Waals surface area contributed by atoms with Gasteiger partial charge in [0.1, 0.15) is 0 Å². The molecule has 1 fully saturated rings. The average molecular weight is 369 g/mol. The zero-order valence-corrected chi connectivity index (χ0v) is 13.7. The third-order valence-electron chi connectivity index (χ3n) is 3.10. The Morgan fingerprint density at radius 3 is 2.58 bits per heavy atom. The van der Waals surface area contributed by atoms with E-state index in [0.29, 0.717) is 36.8 Å². The third-order valence-corrected chi connectivity index (χ3v) is 6.26. The smallest absolute Gasteiger partial charge is 0.243 e. The zero-order chi connectivity index (χ0) is 14.0. The molecule has 1 heterocycles. The molecule has 1 aromatic rings. The van der Waals surface area contributed by atoms with E-state index in [-0.39, 0.29) is 5.88 Å². The highest BCUT2D eigenvalue weighted by Crippen LogP contribution is 2.29. The van der Waals surface area contributed by atoms with E-state index in [1.165, 1.54) is 4.31 Å². The van der Waals surface area contributed by atoms with E-state index in [0.717, 1.165) is 10.0 Å². The molecule has 0 atom stereocenters. The number of morpholine rings is 1. The van der Waals surface area contributed by atoms with Crippen molar-refractivity contribution in [1.82, 2.24) is 4.31 Å². The van der Waals surface area contributed by atoms with E-state index < -0.39 is 10.0 Å². The minimum Gasteiger partial charge on any atom is -0.379 e. The Balaban J connectivity index is 2.47. The number of ether oxygens (including phenoxy) is 1. The Bertz CT molecular complexity index is 571. The van der Waals surface area contributed by atoms with Crippen LogP contribution in [-0.2, 0) is 20.6 Å². The number of hydrogen-bond acceptors (Lipinski definition) is 3. The molecule has 0 bridgehead atoms. The summed E-state index contributed by atoms with van der Waals surface area (Å²) in [4.78, 5) is 0.319. The highest BCUT2D eigenvalue weighted by atomic mass is 79.9. The van der Waals surface area contributed by atoms with Crippen LogP contribution in [0.3, 0.4) is 0 Å². The van der Waals surface area contributed by atoms with Crippen molar-refractivity contribution in [2.75, 3.05) is 26.3 Å². The highest BCUT2D eigenvalue weighted by Gasteiger charge is 2.28. The van der Waals surface area contributed by atoms with Crippen LogP contribution in [0.15, 0.2) is 21.5 Å². The van der Waals surface area contributed by atoms with Gasteiger partial charge in [0, 0.05) is 23.4 Å². The third kappa shape index (κ3) is 3.13. The van der Waals surface area contributed by atoms with Crippen molar-refractivity contribution in [3.05, 3.63) is 27.7 Å². The van der Waals surface area contributed by atoms with Crippen LogP contribution >= 0.6 is 27.5 Å². The van der Waals surface area contributed by atoms with Crippen LogP contribution in [-0.4, -0.2) is 39.0 Å². The summed E-state index contributed by atoms with van der Waals surface area (Å²) < 4.78 is 32.7. The van der Waals surface area contributed by atoms with Gasteiger partial charge in [-0.25, -0.2) is 8.42 Å². The van der Waals surface area contributed by atoms with Gasteiger partial charge in [-0.15, -0.1) is 11.6 Å². The minimum atomic E-state index is -3.48. The minimum absolute atomic E-state index is 0.282. The summed E-state index contributed by atoms with van der Waals surface area (Å²) in [6, 6.07) is 3.50. The van der Waals surface area contributed by atoms with Gasteiger partial charge in [0.15, 0.2) is 0 Å². The lowest BCUT2D eigenvalue weighted by Crippen LogP contribution is -2.40. The second-order valence-electron chi connectivity index (χ2n) is 4.35. The predicted molar refractivity (Wildman–Crippen MR) is 78.0 cm³/mol. The fourth-order valence-electron chi connectivity index (χ4n) is 1.98. The van der Waals surface area contributed by atoms with Gasteiger partial charge in [0.25, 0.3) is 0 Å². The van der Waals surface area contributed by atoms with Crippen molar-refractivity contribution in [3.63, 3.8) is 0 Å². The van der Waals surface area contributed by atoms with Crippen molar-refractivity contribution in [1.29, 1.82) is 0 Å². The van der Waals surface area contributed by atoms with Crippen LogP contribution in [0.2, 0.25) is 0 Å². The van der Waals surface area contributed by atoms with Crippen molar-refractivity contribution >= 4 is 37.6 Å². The van der Waals surface area contributed by atoms with E-state index >= 15 is 0 Å². The Morgan fingerprint density at radius 1 is 1.37 bits per heavy atom. The molecule has 0 amide bonds. The topological polar surface area (TPSA) is 46.6 Å². The molecule has 0 unspecified atom stereocenters. The Labute approximate surface area is 126 Å². The Morgan fingerprint density at radius 2 is 2.00 bits per heavy atom. The van der Waals surface area contributed by atoms with E-state index in [4.69, 9.17) is 16.3 Å². The van der Waals surface area contributed by atoms with Gasteiger partial charge in [-0.1, -0.05) is 15.9 Å². The lowest BCUT2D eigenvalue weighted by Gasteiger charge is -2.27. The number of alkyl halides is 1. The normalized spacial score (nSPS) is 17.6. The molecule has 2 rings (SSSR count). The molecular formula is C12H15BrClNO3S. The molecule has 1 saturated heterocycles. The quantitative estimate of drug-likeness (QED) is 0.770. The average Bonchev–Trinajstić information content (AvgIpc) is 2.42. The fourth-order valence-corrected chi connectivity index (χ4v) is 4.48. The molecule has 0 spiro atoms. The molecule has 106 valence electrons. The molecule has 7 heteroatoms. The molecule has 1 aromatic carbocycles. The maximum atomic E-state index is 12.6. The summed E-state index contributed by atoms with van der Waals surface area (Å²) in [6.07, 6.45) is 0. The Hall–Kier alpha value is -0.140. The highest BCUT2D eigenvalue weighted by molar-refractivity contribution is 9.10. The first-order valence-corrected chi connectivity index (χ1v) is 8.66.